The molecule has 1 aliphatic heterocycles. The Balaban J connectivity index is 0.00000200. The van der Waals surface area contributed by atoms with Gasteiger partial charge in [0.05, 0.1) is 6.54 Å². The van der Waals surface area contributed by atoms with Crippen molar-refractivity contribution >= 4 is 18.3 Å². The topological polar surface area (TPSA) is 35.6 Å². The van der Waals surface area contributed by atoms with Gasteiger partial charge in [0, 0.05) is 19.6 Å². The molecule has 0 aromatic carbocycles. The normalized spacial score (nSPS) is 24.4. The lowest BCUT2D eigenvalue weighted by Crippen LogP contribution is -2.43. The molecule has 20 heavy (non-hydrogen) atoms. The van der Waals surface area contributed by atoms with Gasteiger partial charge < -0.3 is 10.2 Å². The van der Waals surface area contributed by atoms with Crippen LogP contribution in [0.3, 0.4) is 0 Å². The molecule has 1 saturated heterocycles. The van der Waals surface area contributed by atoms with Crippen molar-refractivity contribution in [2.24, 2.45) is 5.92 Å². The number of rotatable bonds is 5. The highest BCUT2D eigenvalue weighted by Gasteiger charge is 2.27. The highest BCUT2D eigenvalue weighted by Crippen LogP contribution is 2.22. The minimum atomic E-state index is 0. The van der Waals surface area contributed by atoms with Crippen molar-refractivity contribution < 1.29 is 4.79 Å². The Morgan fingerprint density at radius 1 is 1.25 bits per heavy atom. The molecule has 0 aromatic heterocycles. The molecule has 4 nitrogen and oxygen atoms in total. The first-order chi connectivity index (χ1) is 9.20. The van der Waals surface area contributed by atoms with Crippen molar-refractivity contribution in [1.29, 1.82) is 0 Å². The van der Waals surface area contributed by atoms with Crippen LogP contribution in [0.1, 0.15) is 38.5 Å². The van der Waals surface area contributed by atoms with Crippen molar-refractivity contribution in [2.45, 2.75) is 44.6 Å². The van der Waals surface area contributed by atoms with E-state index in [4.69, 9.17) is 0 Å². The summed E-state index contributed by atoms with van der Waals surface area (Å²) in [6.07, 6.45) is 7.54. The summed E-state index contributed by atoms with van der Waals surface area (Å²) in [5.74, 6) is 1.04. The molecular weight excluding hydrogens is 274 g/mol. The van der Waals surface area contributed by atoms with E-state index in [1.807, 2.05) is 19.0 Å². The van der Waals surface area contributed by atoms with Crippen LogP contribution < -0.4 is 5.32 Å². The van der Waals surface area contributed by atoms with E-state index in [0.29, 0.717) is 18.5 Å². The fourth-order valence-corrected chi connectivity index (χ4v) is 3.49. The summed E-state index contributed by atoms with van der Waals surface area (Å²) in [5.41, 5.74) is 0. The Kier molecular flexibility index (Phi) is 7.85. The van der Waals surface area contributed by atoms with Gasteiger partial charge in [0.2, 0.25) is 5.91 Å². The molecule has 5 heteroatoms. The van der Waals surface area contributed by atoms with Crippen molar-refractivity contribution in [3.05, 3.63) is 0 Å². The second-order valence-electron chi connectivity index (χ2n) is 6.24. The lowest BCUT2D eigenvalue weighted by molar-refractivity contribution is -0.133. The Morgan fingerprint density at radius 2 is 1.95 bits per heavy atom. The van der Waals surface area contributed by atoms with Crippen LogP contribution in [0.2, 0.25) is 0 Å². The van der Waals surface area contributed by atoms with E-state index >= 15 is 0 Å². The quantitative estimate of drug-likeness (QED) is 0.840. The van der Waals surface area contributed by atoms with E-state index in [0.717, 1.165) is 25.6 Å². The van der Waals surface area contributed by atoms with Gasteiger partial charge in [0.1, 0.15) is 0 Å². The first-order valence-electron chi connectivity index (χ1n) is 7.83. The van der Waals surface area contributed by atoms with E-state index in [-0.39, 0.29) is 12.4 Å². The van der Waals surface area contributed by atoms with Gasteiger partial charge in [0.15, 0.2) is 0 Å². The highest BCUT2D eigenvalue weighted by atomic mass is 35.5. The summed E-state index contributed by atoms with van der Waals surface area (Å²) in [6, 6.07) is 0.497. The Labute approximate surface area is 129 Å². The Hall–Kier alpha value is -0.320. The number of likely N-dealkylation sites (N-methyl/N-ethyl adjacent to an activating group) is 1. The lowest BCUT2D eigenvalue weighted by Gasteiger charge is -2.32. The average molecular weight is 304 g/mol. The molecule has 0 bridgehead atoms. The fraction of sp³-hybridized carbons (Fsp3) is 0.933. The standard InChI is InChI=1S/C15H29N3O.ClH/c1-16-10-13-8-9-18(11-13)12-15(19)17(2)14-6-4-3-5-7-14;/h13-14,16H,3-12H2,1-2H3;1H. The smallest absolute Gasteiger partial charge is 0.236 e. The first kappa shape index (κ1) is 17.7. The van der Waals surface area contributed by atoms with Crippen molar-refractivity contribution in [3.63, 3.8) is 0 Å². The van der Waals surface area contributed by atoms with Crippen LogP contribution in [-0.4, -0.2) is 62.0 Å². The number of nitrogens with one attached hydrogen (secondary N) is 1. The van der Waals surface area contributed by atoms with E-state index in [9.17, 15) is 4.79 Å². The molecule has 1 atom stereocenters. The molecule has 0 spiro atoms. The SMILES string of the molecule is CNCC1CCN(CC(=O)N(C)C2CCCCC2)C1.Cl. The summed E-state index contributed by atoms with van der Waals surface area (Å²) >= 11 is 0. The predicted octanol–water partition coefficient (Wildman–Crippen LogP) is 1.74. The second kappa shape index (κ2) is 8.85. The van der Waals surface area contributed by atoms with E-state index in [1.165, 1.54) is 38.5 Å². The molecule has 2 fully saturated rings. The molecule has 0 radical (unpaired) electrons. The minimum absolute atomic E-state index is 0. The zero-order valence-electron chi connectivity index (χ0n) is 12.9. The van der Waals surface area contributed by atoms with Gasteiger partial charge in [-0.25, -0.2) is 0 Å². The number of carbonyl (C=O) groups is 1. The molecule has 2 rings (SSSR count). The van der Waals surface area contributed by atoms with Gasteiger partial charge >= 0.3 is 0 Å². The third-order valence-electron chi connectivity index (χ3n) is 4.74. The van der Waals surface area contributed by atoms with Crippen LogP contribution in [0.15, 0.2) is 0 Å². The molecule has 118 valence electrons. The Morgan fingerprint density at radius 3 is 2.60 bits per heavy atom. The van der Waals surface area contributed by atoms with Crippen molar-refractivity contribution in [3.8, 4) is 0 Å². The van der Waals surface area contributed by atoms with Gasteiger partial charge in [0.25, 0.3) is 0 Å². The number of likely N-dealkylation sites (tertiary alicyclic amines) is 1. The van der Waals surface area contributed by atoms with Crippen LogP contribution in [0.5, 0.6) is 0 Å². The summed E-state index contributed by atoms with van der Waals surface area (Å²) in [5, 5.41) is 3.24. The van der Waals surface area contributed by atoms with E-state index in [2.05, 4.69) is 10.2 Å². The van der Waals surface area contributed by atoms with Gasteiger partial charge in [-0.1, -0.05) is 19.3 Å². The van der Waals surface area contributed by atoms with Crippen molar-refractivity contribution in [2.75, 3.05) is 40.3 Å². The maximum atomic E-state index is 12.3. The number of nitrogens with zero attached hydrogens (tertiary/aromatic N) is 2. The third-order valence-corrected chi connectivity index (χ3v) is 4.74. The number of hydrogen-bond acceptors (Lipinski definition) is 3. The van der Waals surface area contributed by atoms with Gasteiger partial charge in [-0.3, -0.25) is 9.69 Å². The van der Waals surface area contributed by atoms with Crippen LogP contribution >= 0.6 is 12.4 Å². The molecule has 1 N–H and O–H groups in total. The number of hydrogen-bond donors (Lipinski definition) is 1. The van der Waals surface area contributed by atoms with Crippen LogP contribution in [-0.2, 0) is 4.79 Å². The zero-order chi connectivity index (χ0) is 13.7. The fourth-order valence-electron chi connectivity index (χ4n) is 3.49. The number of halogens is 1. The summed E-state index contributed by atoms with van der Waals surface area (Å²) in [6.45, 7) is 3.85. The molecular formula is C15H30ClN3O. The van der Waals surface area contributed by atoms with Gasteiger partial charge in [-0.15, -0.1) is 12.4 Å². The zero-order valence-corrected chi connectivity index (χ0v) is 13.8. The van der Waals surface area contributed by atoms with Crippen LogP contribution in [0.25, 0.3) is 0 Å². The minimum Gasteiger partial charge on any atom is -0.342 e. The summed E-state index contributed by atoms with van der Waals surface area (Å²) < 4.78 is 0. The monoisotopic (exact) mass is 303 g/mol. The van der Waals surface area contributed by atoms with Gasteiger partial charge in [-0.2, -0.15) is 0 Å². The molecule has 1 aliphatic carbocycles. The van der Waals surface area contributed by atoms with Crippen LogP contribution in [0, 0.1) is 5.92 Å². The summed E-state index contributed by atoms with van der Waals surface area (Å²) in [7, 11) is 4.00. The molecule has 1 saturated carbocycles. The molecule has 0 aromatic rings. The maximum absolute atomic E-state index is 12.3. The maximum Gasteiger partial charge on any atom is 0.236 e. The number of amides is 1. The molecule has 1 unspecified atom stereocenters. The third kappa shape index (κ3) is 4.90. The largest absolute Gasteiger partial charge is 0.342 e. The second-order valence-corrected chi connectivity index (χ2v) is 6.24. The molecule has 1 amide bonds. The van der Waals surface area contributed by atoms with Crippen molar-refractivity contribution in [1.82, 2.24) is 15.1 Å². The first-order valence-corrected chi connectivity index (χ1v) is 7.83. The van der Waals surface area contributed by atoms with E-state index < -0.39 is 0 Å². The highest BCUT2D eigenvalue weighted by molar-refractivity contribution is 5.85. The number of carbonyl (C=O) groups excluding carboxylic acids is 1. The summed E-state index contributed by atoms with van der Waals surface area (Å²) in [4.78, 5) is 16.7. The lowest BCUT2D eigenvalue weighted by atomic mass is 9.94. The van der Waals surface area contributed by atoms with Crippen LogP contribution in [0.4, 0.5) is 0 Å². The van der Waals surface area contributed by atoms with Gasteiger partial charge in [-0.05, 0) is 45.3 Å². The average Bonchev–Trinajstić information content (AvgIpc) is 2.86. The Bertz CT molecular complexity index is 295. The van der Waals surface area contributed by atoms with E-state index in [1.54, 1.807) is 0 Å². The molecule has 2 aliphatic rings. The molecule has 1 heterocycles. The predicted molar refractivity (Wildman–Crippen MR) is 85.4 cm³/mol.